The van der Waals surface area contributed by atoms with E-state index in [1.807, 2.05) is 31.2 Å². The lowest BCUT2D eigenvalue weighted by molar-refractivity contribution is 0.340. The number of hydrogen-bond donors (Lipinski definition) is 1. The number of rotatable bonds is 6. The fourth-order valence-electron chi connectivity index (χ4n) is 1.71. The molecule has 0 spiro atoms. The lowest BCUT2D eigenvalue weighted by atomic mass is 10.2. The summed E-state index contributed by atoms with van der Waals surface area (Å²) in [6, 6.07) is 8.82. The molecule has 0 radical (unpaired) electrons. The zero-order valence-electron chi connectivity index (χ0n) is 11.4. The molecule has 0 aliphatic heterocycles. The first kappa shape index (κ1) is 15.9. The van der Waals surface area contributed by atoms with Gasteiger partial charge in [0.25, 0.3) is 0 Å². The Labute approximate surface area is 132 Å². The molecular formula is C14H15BrN2O3S. The number of pyridine rings is 1. The fourth-order valence-corrected chi connectivity index (χ4v) is 3.23. The molecule has 21 heavy (non-hydrogen) atoms. The molecule has 2 aromatic rings. The van der Waals surface area contributed by atoms with Crippen LogP contribution in [0.15, 0.2) is 52.1 Å². The van der Waals surface area contributed by atoms with E-state index in [2.05, 4.69) is 25.6 Å². The van der Waals surface area contributed by atoms with E-state index in [1.54, 1.807) is 0 Å². The normalized spacial score (nSPS) is 11.3. The molecule has 5 nitrogen and oxygen atoms in total. The zero-order valence-corrected chi connectivity index (χ0v) is 13.8. The Morgan fingerprint density at radius 3 is 2.81 bits per heavy atom. The molecule has 0 amide bonds. The number of hydrogen-bond acceptors (Lipinski definition) is 4. The predicted molar refractivity (Wildman–Crippen MR) is 83.6 cm³/mol. The van der Waals surface area contributed by atoms with Gasteiger partial charge < -0.3 is 4.74 Å². The molecule has 1 N–H and O–H groups in total. The van der Waals surface area contributed by atoms with Crippen LogP contribution in [0.3, 0.4) is 0 Å². The maximum absolute atomic E-state index is 12.2. The quantitative estimate of drug-likeness (QED) is 0.848. The first-order chi connectivity index (χ1) is 10.0. The van der Waals surface area contributed by atoms with Crippen LogP contribution in [0.4, 0.5) is 0 Å². The third-order valence-corrected chi connectivity index (χ3v) is 4.47. The van der Waals surface area contributed by atoms with Gasteiger partial charge in [0.1, 0.15) is 10.6 Å². The highest BCUT2D eigenvalue weighted by Crippen LogP contribution is 2.16. The minimum Gasteiger partial charge on any atom is -0.494 e. The summed E-state index contributed by atoms with van der Waals surface area (Å²) >= 11 is 3.21. The highest BCUT2D eigenvalue weighted by Gasteiger charge is 2.14. The molecule has 7 heteroatoms. The molecule has 1 aromatic carbocycles. The summed E-state index contributed by atoms with van der Waals surface area (Å²) in [6.07, 6.45) is 2.84. The van der Waals surface area contributed by atoms with Crippen LogP contribution >= 0.6 is 15.9 Å². The average molecular weight is 371 g/mol. The third-order valence-electron chi connectivity index (χ3n) is 2.67. The van der Waals surface area contributed by atoms with Crippen molar-refractivity contribution < 1.29 is 13.2 Å². The van der Waals surface area contributed by atoms with Crippen LogP contribution in [0.5, 0.6) is 5.75 Å². The van der Waals surface area contributed by atoms with Gasteiger partial charge in [0.05, 0.1) is 6.61 Å². The van der Waals surface area contributed by atoms with Crippen LogP contribution in [0.25, 0.3) is 0 Å². The number of nitrogens with zero attached hydrogens (tertiary/aromatic N) is 1. The van der Waals surface area contributed by atoms with E-state index in [0.29, 0.717) is 11.1 Å². The first-order valence-electron chi connectivity index (χ1n) is 6.33. The van der Waals surface area contributed by atoms with E-state index in [1.165, 1.54) is 18.5 Å². The van der Waals surface area contributed by atoms with Crippen molar-refractivity contribution in [3.05, 3.63) is 52.8 Å². The van der Waals surface area contributed by atoms with Crippen molar-refractivity contribution >= 4 is 26.0 Å². The van der Waals surface area contributed by atoms with Crippen molar-refractivity contribution in [2.45, 2.75) is 18.4 Å². The molecule has 1 heterocycles. The number of aromatic nitrogens is 1. The predicted octanol–water partition coefficient (Wildman–Crippen LogP) is 2.72. The minimum atomic E-state index is -3.59. The van der Waals surface area contributed by atoms with Gasteiger partial charge >= 0.3 is 0 Å². The van der Waals surface area contributed by atoms with Crippen molar-refractivity contribution in [1.29, 1.82) is 0 Å². The molecule has 0 saturated heterocycles. The Kier molecular flexibility index (Phi) is 5.33. The topological polar surface area (TPSA) is 68.3 Å². The molecular weight excluding hydrogens is 356 g/mol. The maximum Gasteiger partial charge on any atom is 0.242 e. The van der Waals surface area contributed by atoms with Crippen LogP contribution < -0.4 is 9.46 Å². The van der Waals surface area contributed by atoms with Gasteiger partial charge in [0.15, 0.2) is 0 Å². The lowest BCUT2D eigenvalue weighted by Gasteiger charge is -2.08. The molecule has 0 saturated carbocycles. The Morgan fingerprint density at radius 1 is 1.29 bits per heavy atom. The first-order valence-corrected chi connectivity index (χ1v) is 8.61. The van der Waals surface area contributed by atoms with Crippen LogP contribution in [-0.2, 0) is 16.6 Å². The summed E-state index contributed by atoms with van der Waals surface area (Å²) in [5.74, 6) is 0.721. The van der Waals surface area contributed by atoms with E-state index in [-0.39, 0.29) is 11.4 Å². The van der Waals surface area contributed by atoms with E-state index in [9.17, 15) is 8.42 Å². The Bertz CT molecular complexity index is 720. The number of benzene rings is 1. The Morgan fingerprint density at radius 2 is 2.10 bits per heavy atom. The van der Waals surface area contributed by atoms with Crippen LogP contribution in [-0.4, -0.2) is 20.0 Å². The Hall–Kier alpha value is -1.44. The minimum absolute atomic E-state index is 0.123. The molecule has 0 aliphatic carbocycles. The van der Waals surface area contributed by atoms with Crippen molar-refractivity contribution in [3.63, 3.8) is 0 Å². The smallest absolute Gasteiger partial charge is 0.242 e. The number of ether oxygens (including phenoxy) is 1. The SMILES string of the molecule is CCOc1cccc(CNS(=O)(=O)c2cncc(Br)c2)c1. The molecule has 1 aromatic heterocycles. The molecule has 0 unspecified atom stereocenters. The summed E-state index contributed by atoms with van der Waals surface area (Å²) in [7, 11) is -3.59. The van der Waals surface area contributed by atoms with E-state index >= 15 is 0 Å². The number of nitrogens with one attached hydrogen (secondary N) is 1. The van der Waals surface area contributed by atoms with Crippen molar-refractivity contribution in [2.75, 3.05) is 6.61 Å². The fraction of sp³-hybridized carbons (Fsp3) is 0.214. The number of sulfonamides is 1. The highest BCUT2D eigenvalue weighted by molar-refractivity contribution is 9.10. The van der Waals surface area contributed by atoms with Crippen LogP contribution in [0.2, 0.25) is 0 Å². The van der Waals surface area contributed by atoms with Gasteiger partial charge in [-0.2, -0.15) is 0 Å². The number of halogens is 1. The zero-order chi connectivity index (χ0) is 15.3. The van der Waals surface area contributed by atoms with Crippen molar-refractivity contribution in [1.82, 2.24) is 9.71 Å². The summed E-state index contributed by atoms with van der Waals surface area (Å²) in [5, 5.41) is 0. The summed E-state index contributed by atoms with van der Waals surface area (Å²) in [5.41, 5.74) is 0.826. The van der Waals surface area contributed by atoms with E-state index in [0.717, 1.165) is 11.3 Å². The van der Waals surface area contributed by atoms with Crippen molar-refractivity contribution in [2.24, 2.45) is 0 Å². The summed E-state index contributed by atoms with van der Waals surface area (Å²) < 4.78 is 32.9. The standard InChI is InChI=1S/C14H15BrN2O3S/c1-2-20-13-5-3-4-11(6-13)8-17-21(18,19)14-7-12(15)9-16-10-14/h3-7,9-10,17H,2,8H2,1H3. The second kappa shape index (κ2) is 7.02. The van der Waals surface area contributed by atoms with Crippen molar-refractivity contribution in [3.8, 4) is 5.75 Å². The lowest BCUT2D eigenvalue weighted by Crippen LogP contribution is -2.23. The van der Waals surface area contributed by atoms with Gasteiger partial charge in [-0.25, -0.2) is 13.1 Å². The summed E-state index contributed by atoms with van der Waals surface area (Å²) in [4.78, 5) is 3.98. The van der Waals surface area contributed by atoms with Crippen LogP contribution in [0.1, 0.15) is 12.5 Å². The van der Waals surface area contributed by atoms with Gasteiger partial charge in [0, 0.05) is 23.4 Å². The Balaban J connectivity index is 2.10. The summed E-state index contributed by atoms with van der Waals surface area (Å²) in [6.45, 7) is 2.66. The van der Waals surface area contributed by atoms with Gasteiger partial charge in [0.2, 0.25) is 10.0 Å². The molecule has 0 aliphatic rings. The maximum atomic E-state index is 12.2. The van der Waals surface area contributed by atoms with E-state index in [4.69, 9.17) is 4.74 Å². The highest BCUT2D eigenvalue weighted by atomic mass is 79.9. The van der Waals surface area contributed by atoms with Gasteiger partial charge in [-0.3, -0.25) is 4.98 Å². The monoisotopic (exact) mass is 370 g/mol. The molecule has 112 valence electrons. The second-order valence-electron chi connectivity index (χ2n) is 4.24. The largest absolute Gasteiger partial charge is 0.494 e. The average Bonchev–Trinajstić information content (AvgIpc) is 2.46. The second-order valence-corrected chi connectivity index (χ2v) is 6.93. The van der Waals surface area contributed by atoms with Gasteiger partial charge in [-0.15, -0.1) is 0 Å². The molecule has 2 rings (SSSR count). The van der Waals surface area contributed by atoms with E-state index < -0.39 is 10.0 Å². The third kappa shape index (κ3) is 4.52. The molecule has 0 bridgehead atoms. The van der Waals surface area contributed by atoms with Crippen LogP contribution in [0, 0.1) is 0 Å². The molecule has 0 atom stereocenters. The van der Waals surface area contributed by atoms with Gasteiger partial charge in [-0.05, 0) is 46.6 Å². The molecule has 0 fully saturated rings. The van der Waals surface area contributed by atoms with Gasteiger partial charge in [-0.1, -0.05) is 12.1 Å².